The molecule has 1 aromatic rings. The number of likely N-dealkylation sites (N-methyl/N-ethyl adjacent to an activating group) is 1. The molecule has 1 aromatic carbocycles. The van der Waals surface area contributed by atoms with E-state index in [0.29, 0.717) is 18.2 Å². The third kappa shape index (κ3) is 2.40. The van der Waals surface area contributed by atoms with Crippen LogP contribution >= 0.6 is 0 Å². The van der Waals surface area contributed by atoms with Gasteiger partial charge in [-0.25, -0.2) is 0 Å². The number of nitrogens with zero attached hydrogens (tertiary/aromatic N) is 1. The maximum atomic E-state index is 12.3. The zero-order chi connectivity index (χ0) is 14.1. The van der Waals surface area contributed by atoms with E-state index in [1.54, 1.807) is 6.07 Å². The summed E-state index contributed by atoms with van der Waals surface area (Å²) in [6.07, 6.45) is 6.90. The second kappa shape index (κ2) is 5.44. The molecule has 0 saturated heterocycles. The minimum absolute atomic E-state index is 0.0798. The van der Waals surface area contributed by atoms with Crippen molar-refractivity contribution in [3.05, 3.63) is 23.8 Å². The van der Waals surface area contributed by atoms with Crippen LogP contribution < -0.4 is 11.1 Å². The van der Waals surface area contributed by atoms with Crippen molar-refractivity contribution >= 4 is 17.3 Å². The van der Waals surface area contributed by atoms with Crippen LogP contribution in [0.4, 0.5) is 11.4 Å². The fraction of sp³-hybridized carbons (Fsp3) is 0.562. The normalized spacial score (nSPS) is 23.5. The van der Waals surface area contributed by atoms with Crippen LogP contribution in [0.15, 0.2) is 18.2 Å². The van der Waals surface area contributed by atoms with Gasteiger partial charge in [0.2, 0.25) is 5.91 Å². The van der Waals surface area contributed by atoms with E-state index in [0.717, 1.165) is 11.3 Å². The van der Waals surface area contributed by atoms with Gasteiger partial charge in [0.05, 0.1) is 11.7 Å². The molecule has 2 N–H and O–H groups in total. The van der Waals surface area contributed by atoms with Crippen molar-refractivity contribution in [1.29, 1.82) is 0 Å². The predicted octanol–water partition coefficient (Wildman–Crippen LogP) is 2.73. The minimum Gasteiger partial charge on any atom is -0.324 e. The number of hydrogen-bond acceptors (Lipinski definition) is 2. The Morgan fingerprint density at radius 2 is 2.00 bits per heavy atom. The summed E-state index contributed by atoms with van der Waals surface area (Å²) >= 11 is 0. The molecule has 1 fully saturated rings. The van der Waals surface area contributed by atoms with Crippen molar-refractivity contribution in [2.45, 2.75) is 50.6 Å². The Balaban J connectivity index is 1.80. The third-order valence-corrected chi connectivity index (χ3v) is 4.78. The van der Waals surface area contributed by atoms with Gasteiger partial charge >= 0.3 is 0 Å². The minimum atomic E-state index is -0.128. The monoisotopic (exact) mass is 272 g/mol. The molecule has 4 heteroatoms. The average Bonchev–Trinajstić information content (AvgIpc) is 2.47. The number of carbonyl (C=O) groups is 1. The lowest BCUT2D eigenvalue weighted by molar-refractivity contribution is -0.122. The first-order valence-electron chi connectivity index (χ1n) is 7.53. The number of hydrogen-bond donors (Lipinski definition) is 1. The molecule has 0 bridgehead atoms. The quantitative estimate of drug-likeness (QED) is 0.900. The van der Waals surface area contributed by atoms with Crippen molar-refractivity contribution in [1.82, 2.24) is 10.6 Å². The Morgan fingerprint density at radius 1 is 1.25 bits per heavy atom. The van der Waals surface area contributed by atoms with E-state index in [1.165, 1.54) is 32.1 Å². The van der Waals surface area contributed by atoms with Crippen LogP contribution in [0.1, 0.15) is 37.7 Å². The van der Waals surface area contributed by atoms with Gasteiger partial charge in [-0.15, -0.1) is 0 Å². The fourth-order valence-electron chi connectivity index (χ4n) is 3.50. The van der Waals surface area contributed by atoms with E-state index in [1.807, 2.05) is 12.1 Å². The SMILES string of the molecule is CN(C1CCCCC1)C1Cc2c([NH])cccc2NC1=O. The molecule has 1 radical (unpaired) electrons. The van der Waals surface area contributed by atoms with Gasteiger partial charge in [0.25, 0.3) is 0 Å². The maximum absolute atomic E-state index is 12.3. The average molecular weight is 272 g/mol. The highest BCUT2D eigenvalue weighted by Gasteiger charge is 2.33. The van der Waals surface area contributed by atoms with Crippen LogP contribution in [0, 0.1) is 0 Å². The number of amides is 1. The summed E-state index contributed by atoms with van der Waals surface area (Å²) in [6.45, 7) is 0. The lowest BCUT2D eigenvalue weighted by atomic mass is 9.90. The molecule has 1 atom stereocenters. The summed E-state index contributed by atoms with van der Waals surface area (Å²) in [5.74, 6) is 0.0798. The van der Waals surface area contributed by atoms with Crippen molar-refractivity contribution in [3.63, 3.8) is 0 Å². The number of nitrogens with one attached hydrogen (secondary N) is 2. The van der Waals surface area contributed by atoms with Gasteiger partial charge in [0.1, 0.15) is 0 Å². The van der Waals surface area contributed by atoms with Crippen LogP contribution in [-0.4, -0.2) is 29.9 Å². The van der Waals surface area contributed by atoms with Crippen LogP contribution in [0.3, 0.4) is 0 Å². The summed E-state index contributed by atoms with van der Waals surface area (Å²) in [5, 5.41) is 2.97. The van der Waals surface area contributed by atoms with Gasteiger partial charge < -0.3 is 11.1 Å². The van der Waals surface area contributed by atoms with Gasteiger partial charge in [-0.3, -0.25) is 9.69 Å². The molecule has 1 amide bonds. The smallest absolute Gasteiger partial charge is 0.242 e. The Labute approximate surface area is 120 Å². The zero-order valence-electron chi connectivity index (χ0n) is 12.0. The predicted molar refractivity (Wildman–Crippen MR) is 80.0 cm³/mol. The van der Waals surface area contributed by atoms with Gasteiger partial charge in [-0.05, 0) is 32.0 Å². The highest BCUT2D eigenvalue weighted by Crippen LogP contribution is 2.32. The van der Waals surface area contributed by atoms with Crippen molar-refractivity contribution < 1.29 is 4.79 Å². The topological polar surface area (TPSA) is 56.1 Å². The molecule has 2 aliphatic rings. The largest absolute Gasteiger partial charge is 0.324 e. The number of anilines is 1. The summed E-state index contributed by atoms with van der Waals surface area (Å²) in [7, 11) is 2.07. The highest BCUT2D eigenvalue weighted by molar-refractivity contribution is 5.98. The number of benzene rings is 1. The van der Waals surface area contributed by atoms with E-state index in [-0.39, 0.29) is 11.9 Å². The number of rotatable bonds is 2. The molecule has 107 valence electrons. The van der Waals surface area contributed by atoms with E-state index in [4.69, 9.17) is 5.73 Å². The van der Waals surface area contributed by atoms with E-state index >= 15 is 0 Å². The van der Waals surface area contributed by atoms with Crippen LogP contribution in [0.5, 0.6) is 0 Å². The maximum Gasteiger partial charge on any atom is 0.242 e. The fourth-order valence-corrected chi connectivity index (χ4v) is 3.50. The van der Waals surface area contributed by atoms with Crippen molar-refractivity contribution in [2.24, 2.45) is 0 Å². The van der Waals surface area contributed by atoms with Crippen LogP contribution in [-0.2, 0) is 11.2 Å². The van der Waals surface area contributed by atoms with E-state index in [9.17, 15) is 4.79 Å². The van der Waals surface area contributed by atoms with Gasteiger partial charge in [-0.2, -0.15) is 0 Å². The highest BCUT2D eigenvalue weighted by atomic mass is 16.2. The molecule has 1 heterocycles. The first kappa shape index (κ1) is 13.4. The second-order valence-electron chi connectivity index (χ2n) is 6.00. The summed E-state index contributed by atoms with van der Waals surface area (Å²) in [4.78, 5) is 14.6. The van der Waals surface area contributed by atoms with Crippen LogP contribution in [0.2, 0.25) is 0 Å². The van der Waals surface area contributed by atoms with Gasteiger partial charge in [0.15, 0.2) is 0 Å². The van der Waals surface area contributed by atoms with Crippen molar-refractivity contribution in [3.8, 4) is 0 Å². The molecule has 3 rings (SSSR count). The molecule has 0 aromatic heterocycles. The first-order valence-corrected chi connectivity index (χ1v) is 7.53. The van der Waals surface area contributed by atoms with Crippen LogP contribution in [0.25, 0.3) is 0 Å². The molecule has 4 nitrogen and oxygen atoms in total. The van der Waals surface area contributed by atoms with E-state index in [2.05, 4.69) is 17.3 Å². The number of carbonyl (C=O) groups excluding carboxylic acids is 1. The lowest BCUT2D eigenvalue weighted by Crippen LogP contribution is -2.50. The zero-order valence-corrected chi connectivity index (χ0v) is 12.0. The molecule has 1 aliphatic heterocycles. The Hall–Kier alpha value is -1.55. The van der Waals surface area contributed by atoms with Gasteiger partial charge in [0, 0.05) is 23.7 Å². The molecular formula is C16H22N3O. The van der Waals surface area contributed by atoms with Crippen molar-refractivity contribution in [2.75, 3.05) is 12.4 Å². The number of fused-ring (bicyclic) bond motifs is 1. The molecule has 20 heavy (non-hydrogen) atoms. The third-order valence-electron chi connectivity index (χ3n) is 4.78. The summed E-state index contributed by atoms with van der Waals surface area (Å²) in [5.41, 5.74) is 10.3. The molecule has 1 unspecified atom stereocenters. The summed E-state index contributed by atoms with van der Waals surface area (Å²) < 4.78 is 0. The Bertz CT molecular complexity index is 508. The molecule has 1 aliphatic carbocycles. The molecule has 0 spiro atoms. The second-order valence-corrected chi connectivity index (χ2v) is 6.00. The molecule has 1 saturated carbocycles. The Kier molecular flexibility index (Phi) is 3.66. The molecular weight excluding hydrogens is 250 g/mol. The lowest BCUT2D eigenvalue weighted by Gasteiger charge is -2.38. The summed E-state index contributed by atoms with van der Waals surface area (Å²) in [6, 6.07) is 5.90. The standard InChI is InChI=1S/C16H22N3O/c1-19(11-6-3-2-4-7-11)15-10-12-13(17)8-5-9-14(12)18-16(15)20/h5,8-9,11,15,17H,2-4,6-7,10H2,1H3,(H,18,20). The Morgan fingerprint density at radius 3 is 2.75 bits per heavy atom. The van der Waals surface area contributed by atoms with Gasteiger partial charge in [-0.1, -0.05) is 25.3 Å². The van der Waals surface area contributed by atoms with E-state index < -0.39 is 0 Å². The first-order chi connectivity index (χ1) is 9.66.